The molecule has 1 N–H and O–H groups in total. The van der Waals surface area contributed by atoms with Crippen molar-refractivity contribution >= 4 is 34.5 Å². The maximum Gasteiger partial charge on any atom is 0.198 e. The van der Waals surface area contributed by atoms with Crippen molar-refractivity contribution in [3.05, 3.63) is 45.1 Å². The number of rotatable bonds is 4. The molecule has 1 aromatic rings. The van der Waals surface area contributed by atoms with Crippen LogP contribution in [0.5, 0.6) is 0 Å². The van der Waals surface area contributed by atoms with E-state index in [0.29, 0.717) is 23.8 Å². The number of Topliss-reactive ketones (excluding diaryl/α,β-unsaturated/α-hetero) is 1. The summed E-state index contributed by atoms with van der Waals surface area (Å²) in [7, 11) is 0. The summed E-state index contributed by atoms with van der Waals surface area (Å²) in [5.74, 6) is -2.62. The second kappa shape index (κ2) is 8.26. The molecule has 1 saturated heterocycles. The van der Waals surface area contributed by atoms with Crippen LogP contribution in [0.1, 0.15) is 44.9 Å². The lowest BCUT2D eigenvalue weighted by molar-refractivity contribution is -0.288. The highest BCUT2D eigenvalue weighted by Crippen LogP contribution is 2.77. The molecule has 1 aromatic heterocycles. The van der Waals surface area contributed by atoms with E-state index in [1.165, 1.54) is 23.5 Å². The fourth-order valence-corrected chi connectivity index (χ4v) is 10.2. The number of allylic oxidation sites excluding steroid dienone is 4. The molecule has 0 spiro atoms. The Morgan fingerprint density at radius 2 is 2.03 bits per heavy atom. The number of carbonyl (C=O) groups is 2. The summed E-state index contributed by atoms with van der Waals surface area (Å²) in [6.07, 6.45) is 0.486. The number of hydrogen-bond acceptors (Lipinski definition) is 6. The molecule has 4 fully saturated rings. The van der Waals surface area contributed by atoms with Crippen molar-refractivity contribution in [2.45, 2.75) is 70.1 Å². The Balaban J connectivity index is 1.45. The Labute approximate surface area is 228 Å². The van der Waals surface area contributed by atoms with Crippen LogP contribution < -0.4 is 0 Å². The summed E-state index contributed by atoms with van der Waals surface area (Å²) < 4.78 is 48.3. The first kappa shape index (κ1) is 26.7. The first-order valence-electron chi connectivity index (χ1n) is 13.0. The summed E-state index contributed by atoms with van der Waals surface area (Å²) in [6.45, 7) is 4.56. The predicted octanol–water partition coefficient (Wildman–Crippen LogP) is 5.36. The fourth-order valence-electron chi connectivity index (χ4n) is 9.08. The molecule has 10 heteroatoms. The Morgan fingerprint density at radius 1 is 1.29 bits per heavy atom. The molecule has 0 bridgehead atoms. The standard InChI is InChI=1S/C28H31ClF3NO4S/c1-24-7-6-16(34)8-18(24)19(31)9-20-25(2)10-15-13-33(14-17-4-5-23(29)38-17)37-28(15,22(36)12-30)26(25,3)11-21(35)27(20,24)32/h4-8,15,19-21,35H,9-14H2,1-3H3/t15-,19-,20-,21-,24-,25-,26-,27-,28-/m0/s1. The molecule has 0 amide bonds. The molecular weight excluding hydrogens is 539 g/mol. The molecule has 5 nitrogen and oxygen atoms in total. The number of alkyl halides is 3. The average Bonchev–Trinajstić information content (AvgIpc) is 3.48. The number of hydroxylamine groups is 2. The monoisotopic (exact) mass is 569 g/mol. The van der Waals surface area contributed by atoms with Crippen molar-refractivity contribution in [3.8, 4) is 0 Å². The molecule has 9 atom stereocenters. The van der Waals surface area contributed by atoms with Crippen LogP contribution in [0.3, 0.4) is 0 Å². The van der Waals surface area contributed by atoms with Crippen molar-refractivity contribution in [1.29, 1.82) is 0 Å². The van der Waals surface area contributed by atoms with Crippen LogP contribution in [0.15, 0.2) is 35.9 Å². The smallest absolute Gasteiger partial charge is 0.198 e. The molecule has 206 valence electrons. The Kier molecular flexibility index (Phi) is 5.80. The van der Waals surface area contributed by atoms with Crippen LogP contribution in [0.25, 0.3) is 0 Å². The number of thiophene rings is 1. The van der Waals surface area contributed by atoms with Crippen molar-refractivity contribution in [3.63, 3.8) is 0 Å². The number of carbonyl (C=O) groups excluding carboxylic acids is 2. The lowest BCUT2D eigenvalue weighted by atomic mass is 9.39. The molecule has 38 heavy (non-hydrogen) atoms. The summed E-state index contributed by atoms with van der Waals surface area (Å²) in [4.78, 5) is 32.9. The van der Waals surface area contributed by atoms with E-state index in [1.54, 1.807) is 25.0 Å². The third kappa shape index (κ3) is 3.00. The van der Waals surface area contributed by atoms with E-state index in [1.807, 2.05) is 13.0 Å². The van der Waals surface area contributed by atoms with Gasteiger partial charge in [-0.3, -0.25) is 14.4 Å². The largest absolute Gasteiger partial charge is 0.390 e. The van der Waals surface area contributed by atoms with Crippen molar-refractivity contribution in [2.75, 3.05) is 13.2 Å². The van der Waals surface area contributed by atoms with Crippen LogP contribution in [0.4, 0.5) is 13.2 Å². The molecule has 1 aliphatic heterocycles. The first-order valence-corrected chi connectivity index (χ1v) is 14.2. The molecule has 0 aromatic carbocycles. The van der Waals surface area contributed by atoms with Gasteiger partial charge in [0.2, 0.25) is 0 Å². The van der Waals surface area contributed by atoms with Gasteiger partial charge in [-0.25, -0.2) is 13.2 Å². The van der Waals surface area contributed by atoms with Crippen LogP contribution in [-0.2, 0) is 21.0 Å². The van der Waals surface area contributed by atoms with Crippen molar-refractivity contribution in [1.82, 2.24) is 5.06 Å². The minimum absolute atomic E-state index is 0.0415. The lowest BCUT2D eigenvalue weighted by Gasteiger charge is -2.67. The normalized spacial score (nSPS) is 47.8. The zero-order valence-corrected chi connectivity index (χ0v) is 23.1. The Hall–Kier alpha value is -1.52. The number of aliphatic hydroxyl groups is 1. The van der Waals surface area contributed by atoms with Gasteiger partial charge in [-0.15, -0.1) is 11.3 Å². The number of aliphatic hydroxyl groups excluding tert-OH is 1. The molecule has 3 saturated carbocycles. The van der Waals surface area contributed by atoms with Crippen LogP contribution in [-0.4, -0.2) is 58.5 Å². The molecule has 6 rings (SSSR count). The topological polar surface area (TPSA) is 66.8 Å². The van der Waals surface area contributed by atoms with Gasteiger partial charge in [-0.2, -0.15) is 5.06 Å². The van der Waals surface area contributed by atoms with E-state index in [4.69, 9.17) is 16.4 Å². The average molecular weight is 570 g/mol. The second-order valence-corrected chi connectivity index (χ2v) is 14.1. The Morgan fingerprint density at radius 3 is 2.68 bits per heavy atom. The second-order valence-electron chi connectivity index (χ2n) is 12.3. The van der Waals surface area contributed by atoms with E-state index in [9.17, 15) is 19.1 Å². The van der Waals surface area contributed by atoms with Crippen molar-refractivity contribution in [2.24, 2.45) is 28.1 Å². The number of ketones is 2. The SMILES string of the molecule is C[C@]12C[C@H](O)[C@@]3(F)[C@@H](C[C@H](F)C4=CC(=O)C=C[C@@]43C)[C@]1(C)C[C@H]1CN(Cc3ccc(Cl)s3)O[C@]12C(=O)CF. The van der Waals surface area contributed by atoms with Gasteiger partial charge in [-0.05, 0) is 61.5 Å². The van der Waals surface area contributed by atoms with Gasteiger partial charge >= 0.3 is 0 Å². The van der Waals surface area contributed by atoms with Gasteiger partial charge in [0.05, 0.1) is 17.0 Å². The molecule has 0 unspecified atom stereocenters. The van der Waals surface area contributed by atoms with Crippen LogP contribution >= 0.6 is 22.9 Å². The van der Waals surface area contributed by atoms with Crippen LogP contribution in [0.2, 0.25) is 4.34 Å². The van der Waals surface area contributed by atoms with Gasteiger partial charge in [0.25, 0.3) is 0 Å². The van der Waals surface area contributed by atoms with Gasteiger partial charge in [0, 0.05) is 34.1 Å². The van der Waals surface area contributed by atoms with Crippen molar-refractivity contribution < 1.29 is 32.7 Å². The van der Waals surface area contributed by atoms with Gasteiger partial charge < -0.3 is 5.11 Å². The minimum atomic E-state index is -2.29. The highest BCUT2D eigenvalue weighted by atomic mass is 35.5. The highest BCUT2D eigenvalue weighted by Gasteiger charge is 2.83. The van der Waals surface area contributed by atoms with E-state index >= 15 is 8.78 Å². The maximum absolute atomic E-state index is 17.6. The third-order valence-electron chi connectivity index (χ3n) is 10.9. The number of hydrogen-bond donors (Lipinski definition) is 1. The molecule has 4 aliphatic carbocycles. The molecule has 0 radical (unpaired) electrons. The van der Waals surface area contributed by atoms with E-state index in [0.717, 1.165) is 11.0 Å². The summed E-state index contributed by atoms with van der Waals surface area (Å²) in [6, 6.07) is 3.63. The molecular formula is C28H31ClF3NO4S. The fraction of sp³-hybridized carbons (Fsp3) is 0.643. The quantitative estimate of drug-likeness (QED) is 0.529. The van der Waals surface area contributed by atoms with Gasteiger partial charge in [-0.1, -0.05) is 31.5 Å². The zero-order chi connectivity index (χ0) is 27.5. The number of nitrogens with zero attached hydrogens (tertiary/aromatic N) is 1. The summed E-state index contributed by atoms with van der Waals surface area (Å²) in [5.41, 5.74) is -7.59. The van der Waals surface area contributed by atoms with E-state index in [2.05, 4.69) is 0 Å². The minimum Gasteiger partial charge on any atom is -0.390 e. The third-order valence-corrected chi connectivity index (χ3v) is 12.2. The Bertz CT molecular complexity index is 1290. The zero-order valence-electron chi connectivity index (χ0n) is 21.5. The van der Waals surface area contributed by atoms with Gasteiger partial charge in [0.15, 0.2) is 29.5 Å². The predicted molar refractivity (Wildman–Crippen MR) is 137 cm³/mol. The number of halogens is 4. The maximum atomic E-state index is 17.6. The molecule has 2 heterocycles. The van der Waals surface area contributed by atoms with E-state index < -0.39 is 69.9 Å². The molecule has 5 aliphatic rings. The number of fused-ring (bicyclic) bond motifs is 7. The lowest BCUT2D eigenvalue weighted by Crippen LogP contribution is -2.73. The van der Waals surface area contributed by atoms with E-state index in [-0.39, 0.29) is 18.4 Å². The van der Waals surface area contributed by atoms with Crippen LogP contribution in [0, 0.1) is 28.1 Å². The highest BCUT2D eigenvalue weighted by molar-refractivity contribution is 7.16. The first-order chi connectivity index (χ1) is 17.8. The summed E-state index contributed by atoms with van der Waals surface area (Å²) >= 11 is 7.46. The summed E-state index contributed by atoms with van der Waals surface area (Å²) in [5, 5.41) is 13.3. The van der Waals surface area contributed by atoms with Gasteiger partial charge in [0.1, 0.15) is 6.17 Å².